The molecule has 0 aromatic heterocycles. The zero-order valence-electron chi connectivity index (χ0n) is 18.9. The number of fused-ring (bicyclic) bond motifs is 4. The average Bonchev–Trinajstić information content (AvgIpc) is 2.89. The van der Waals surface area contributed by atoms with Crippen LogP contribution < -0.4 is 4.74 Å². The van der Waals surface area contributed by atoms with Crippen LogP contribution in [0, 0.1) is 29.6 Å². The molecule has 0 bridgehead atoms. The van der Waals surface area contributed by atoms with Crippen LogP contribution >= 0.6 is 0 Å². The molecule has 1 fully saturated rings. The first-order valence-electron chi connectivity index (χ1n) is 11.0. The quantitative estimate of drug-likeness (QED) is 0.659. The van der Waals surface area contributed by atoms with Gasteiger partial charge in [-0.15, -0.1) is 0 Å². The second kappa shape index (κ2) is 6.76. The third-order valence-electron chi connectivity index (χ3n) is 8.33. The summed E-state index contributed by atoms with van der Waals surface area (Å²) in [6.45, 7) is 12.1. The third-order valence-corrected chi connectivity index (χ3v) is 8.33. The summed E-state index contributed by atoms with van der Waals surface area (Å²) in [5, 5.41) is 0. The minimum absolute atomic E-state index is 0.0405. The highest BCUT2D eigenvalue weighted by atomic mass is 16.5. The molecule has 2 heteroatoms. The molecule has 4 rings (SSSR count). The fourth-order valence-corrected chi connectivity index (χ4v) is 6.62. The highest BCUT2D eigenvalue weighted by molar-refractivity contribution is 5.91. The standard InChI is InChI=1S/C26H37NO/c1-9-18-15(2)16(3)20-14-24-21(13-22(20)25(18)27(6)7)19-11-10-17(28-8)12-23(19)26(24,4)5/h10-16,18,20,22,25H,9H2,1-8H3. The molecule has 1 aromatic rings. The summed E-state index contributed by atoms with van der Waals surface area (Å²) in [7, 11) is 6.32. The van der Waals surface area contributed by atoms with Crippen molar-refractivity contribution < 1.29 is 4.74 Å². The number of ether oxygens (including phenoxy) is 1. The van der Waals surface area contributed by atoms with Crippen LogP contribution in [0.3, 0.4) is 0 Å². The Morgan fingerprint density at radius 2 is 1.75 bits per heavy atom. The Kier molecular flexibility index (Phi) is 4.77. The van der Waals surface area contributed by atoms with Gasteiger partial charge in [0, 0.05) is 17.4 Å². The van der Waals surface area contributed by atoms with Crippen molar-refractivity contribution in [2.75, 3.05) is 21.2 Å². The minimum Gasteiger partial charge on any atom is -0.497 e. The molecule has 0 heterocycles. The van der Waals surface area contributed by atoms with E-state index in [1.807, 2.05) is 0 Å². The van der Waals surface area contributed by atoms with Crippen molar-refractivity contribution in [3.05, 3.63) is 47.1 Å². The van der Waals surface area contributed by atoms with Gasteiger partial charge in [0.05, 0.1) is 7.11 Å². The lowest BCUT2D eigenvalue weighted by atomic mass is 9.57. The molecule has 3 aliphatic rings. The van der Waals surface area contributed by atoms with Gasteiger partial charge in [0.2, 0.25) is 0 Å². The van der Waals surface area contributed by atoms with Gasteiger partial charge in [0.25, 0.3) is 0 Å². The van der Waals surface area contributed by atoms with Crippen molar-refractivity contribution in [3.8, 4) is 5.75 Å². The minimum atomic E-state index is 0.0405. The van der Waals surface area contributed by atoms with E-state index in [9.17, 15) is 0 Å². The number of hydrogen-bond acceptors (Lipinski definition) is 2. The van der Waals surface area contributed by atoms with Crippen LogP contribution in [0.15, 0.2) is 35.9 Å². The first-order valence-corrected chi connectivity index (χ1v) is 11.0. The maximum absolute atomic E-state index is 5.54. The normalized spacial score (nSPS) is 35.6. The van der Waals surface area contributed by atoms with E-state index < -0.39 is 0 Å². The summed E-state index contributed by atoms with van der Waals surface area (Å²) in [6, 6.07) is 7.26. The van der Waals surface area contributed by atoms with Crippen molar-refractivity contribution >= 4 is 5.57 Å². The number of rotatable bonds is 3. The van der Waals surface area contributed by atoms with Crippen molar-refractivity contribution in [2.24, 2.45) is 29.6 Å². The maximum Gasteiger partial charge on any atom is 0.119 e. The first-order chi connectivity index (χ1) is 13.2. The van der Waals surface area contributed by atoms with Crippen LogP contribution in [0.5, 0.6) is 5.75 Å². The summed E-state index contributed by atoms with van der Waals surface area (Å²) in [6.07, 6.45) is 6.57. The monoisotopic (exact) mass is 379 g/mol. The Labute approximate surface area is 171 Å². The number of allylic oxidation sites excluding steroid dienone is 3. The van der Waals surface area contributed by atoms with Crippen LogP contribution in [-0.2, 0) is 5.41 Å². The molecular formula is C26H37NO. The van der Waals surface area contributed by atoms with Gasteiger partial charge in [-0.05, 0) is 72.2 Å². The molecule has 0 amide bonds. The van der Waals surface area contributed by atoms with Crippen molar-refractivity contribution in [3.63, 3.8) is 0 Å². The summed E-state index contributed by atoms with van der Waals surface area (Å²) >= 11 is 0. The predicted molar refractivity (Wildman–Crippen MR) is 119 cm³/mol. The fraction of sp³-hybridized carbons (Fsp3) is 0.615. The zero-order valence-corrected chi connectivity index (χ0v) is 18.9. The fourth-order valence-electron chi connectivity index (χ4n) is 6.62. The molecule has 6 unspecified atom stereocenters. The second-order valence-corrected chi connectivity index (χ2v) is 10.1. The van der Waals surface area contributed by atoms with Crippen molar-refractivity contribution in [1.29, 1.82) is 0 Å². The Bertz CT molecular complexity index is 831. The Hall–Kier alpha value is -1.54. The third kappa shape index (κ3) is 2.64. The van der Waals surface area contributed by atoms with E-state index >= 15 is 0 Å². The molecule has 0 radical (unpaired) electrons. The smallest absolute Gasteiger partial charge is 0.119 e. The molecule has 0 spiro atoms. The van der Waals surface area contributed by atoms with Crippen molar-refractivity contribution in [2.45, 2.75) is 52.5 Å². The first kappa shape index (κ1) is 19.8. The van der Waals surface area contributed by atoms with Crippen LogP contribution in [0.1, 0.15) is 52.2 Å². The lowest BCUT2D eigenvalue weighted by Gasteiger charge is -2.52. The van der Waals surface area contributed by atoms with E-state index in [4.69, 9.17) is 4.74 Å². The van der Waals surface area contributed by atoms with Gasteiger partial charge in [-0.25, -0.2) is 0 Å². The molecule has 1 saturated carbocycles. The van der Waals surface area contributed by atoms with Crippen LogP contribution in [0.4, 0.5) is 0 Å². The van der Waals surface area contributed by atoms with E-state index in [-0.39, 0.29) is 5.41 Å². The number of hydrogen-bond donors (Lipinski definition) is 0. The molecule has 3 aliphatic carbocycles. The Balaban J connectivity index is 1.87. The average molecular weight is 380 g/mol. The van der Waals surface area contributed by atoms with Crippen LogP contribution in [-0.4, -0.2) is 32.1 Å². The maximum atomic E-state index is 5.54. The van der Waals surface area contributed by atoms with E-state index in [1.165, 1.54) is 28.7 Å². The molecule has 6 atom stereocenters. The van der Waals surface area contributed by atoms with Crippen molar-refractivity contribution in [1.82, 2.24) is 4.90 Å². The van der Waals surface area contributed by atoms with Gasteiger partial charge in [-0.3, -0.25) is 0 Å². The molecule has 0 saturated heterocycles. The number of methoxy groups -OCH3 is 1. The molecule has 28 heavy (non-hydrogen) atoms. The van der Waals surface area contributed by atoms with Gasteiger partial charge in [-0.2, -0.15) is 0 Å². The van der Waals surface area contributed by atoms with E-state index in [0.29, 0.717) is 23.8 Å². The molecule has 0 aliphatic heterocycles. The Morgan fingerprint density at radius 1 is 1.04 bits per heavy atom. The van der Waals surface area contributed by atoms with E-state index in [1.54, 1.807) is 7.11 Å². The van der Waals surface area contributed by atoms with E-state index in [2.05, 4.69) is 84.0 Å². The van der Waals surface area contributed by atoms with Crippen LogP contribution in [0.2, 0.25) is 0 Å². The van der Waals surface area contributed by atoms with Crippen LogP contribution in [0.25, 0.3) is 5.57 Å². The van der Waals surface area contributed by atoms with Gasteiger partial charge in [0.15, 0.2) is 0 Å². The summed E-state index contributed by atoms with van der Waals surface area (Å²) in [5.41, 5.74) is 5.87. The number of benzene rings is 1. The second-order valence-electron chi connectivity index (χ2n) is 10.1. The van der Waals surface area contributed by atoms with Gasteiger partial charge < -0.3 is 9.64 Å². The molecule has 0 N–H and O–H groups in total. The van der Waals surface area contributed by atoms with E-state index in [0.717, 1.165) is 17.6 Å². The summed E-state index contributed by atoms with van der Waals surface area (Å²) < 4.78 is 5.54. The topological polar surface area (TPSA) is 12.5 Å². The molecule has 2 nitrogen and oxygen atoms in total. The predicted octanol–water partition coefficient (Wildman–Crippen LogP) is 5.78. The lowest BCUT2D eigenvalue weighted by molar-refractivity contribution is 0.0101. The van der Waals surface area contributed by atoms with Gasteiger partial charge in [-0.1, -0.05) is 59.3 Å². The highest BCUT2D eigenvalue weighted by Crippen LogP contribution is 2.57. The summed E-state index contributed by atoms with van der Waals surface area (Å²) in [5.74, 6) is 4.39. The molecule has 152 valence electrons. The Morgan fingerprint density at radius 3 is 2.36 bits per heavy atom. The largest absolute Gasteiger partial charge is 0.497 e. The zero-order chi connectivity index (χ0) is 20.4. The summed E-state index contributed by atoms with van der Waals surface area (Å²) in [4.78, 5) is 2.50. The van der Waals surface area contributed by atoms with Gasteiger partial charge >= 0.3 is 0 Å². The lowest BCUT2D eigenvalue weighted by Crippen LogP contribution is -2.53. The number of nitrogens with zero attached hydrogens (tertiary/aromatic N) is 1. The highest BCUT2D eigenvalue weighted by Gasteiger charge is 2.50. The SMILES string of the molecule is CCC1C(C)C(C)C2C=C3C(=CC2C1N(C)C)c1ccc(OC)cc1C3(C)C. The molecular weight excluding hydrogens is 342 g/mol. The van der Waals surface area contributed by atoms with Gasteiger partial charge in [0.1, 0.15) is 5.75 Å². The molecule has 1 aromatic carbocycles.